The van der Waals surface area contributed by atoms with E-state index in [0.717, 1.165) is 17.5 Å². The maximum Gasteiger partial charge on any atom is 0.243 e. The Morgan fingerprint density at radius 3 is 2.20 bits per heavy atom. The SMILES string of the molecule is COc1ccc2cc(S(=O)(=O)N[C@H](CC(=O)N[C@@H](C(=O)NC(C)C)C(C)c3ccc(CN4[C@H](C)CCC[C@@H]4C)cc3)c3ccc4c(c3)OCO4)ccc2c1. The molecule has 54 heavy (non-hydrogen) atoms. The van der Waals surface area contributed by atoms with Crippen molar-refractivity contribution in [3.05, 3.63) is 95.6 Å². The van der Waals surface area contributed by atoms with Crippen LogP contribution in [0.5, 0.6) is 17.2 Å². The maximum atomic E-state index is 14.0. The Balaban J connectivity index is 1.23. The van der Waals surface area contributed by atoms with Crippen LogP contribution in [0.4, 0.5) is 0 Å². The fourth-order valence-electron chi connectivity index (χ4n) is 7.43. The topological polar surface area (TPSA) is 135 Å². The van der Waals surface area contributed by atoms with Crippen molar-refractivity contribution in [3.8, 4) is 17.2 Å². The number of amides is 2. The van der Waals surface area contributed by atoms with Gasteiger partial charge in [-0.2, -0.15) is 0 Å². The van der Waals surface area contributed by atoms with Crippen molar-refractivity contribution in [2.45, 2.75) is 108 Å². The summed E-state index contributed by atoms with van der Waals surface area (Å²) in [6.07, 6.45) is 3.36. The fourth-order valence-corrected chi connectivity index (χ4v) is 8.69. The predicted molar refractivity (Wildman–Crippen MR) is 209 cm³/mol. The van der Waals surface area contributed by atoms with Crippen LogP contribution in [0.25, 0.3) is 10.8 Å². The third-order valence-electron chi connectivity index (χ3n) is 10.6. The molecule has 2 aliphatic rings. The summed E-state index contributed by atoms with van der Waals surface area (Å²) in [7, 11) is -2.56. The van der Waals surface area contributed by atoms with Crippen LogP contribution in [0.15, 0.2) is 83.8 Å². The number of carbonyl (C=O) groups excluding carboxylic acids is 2. The second kappa shape index (κ2) is 16.8. The van der Waals surface area contributed by atoms with E-state index in [4.69, 9.17) is 14.2 Å². The van der Waals surface area contributed by atoms with Crippen LogP contribution in [0.3, 0.4) is 0 Å². The number of sulfonamides is 1. The van der Waals surface area contributed by atoms with Crippen LogP contribution in [0.1, 0.15) is 89.0 Å². The summed E-state index contributed by atoms with van der Waals surface area (Å²) in [5, 5.41) is 7.46. The van der Waals surface area contributed by atoms with Gasteiger partial charge in [0.1, 0.15) is 11.8 Å². The standard InChI is InChI=1S/C42H52N4O7S/c1-26(2)43-42(48)41(29(5)31-12-10-30(11-13-31)24-46-27(3)8-7-9-28(46)4)44-40(47)23-37(34-16-19-38-39(22-34)53-25-52-38)45-54(49,50)36-18-15-32-20-35(51-6)17-14-33(32)21-36/h10-22,26-29,37,41,45H,7-9,23-25H2,1-6H3,(H,43,48)(H,44,47)/t27-,28+,29?,37-,41-/m1/s1. The van der Waals surface area contributed by atoms with Crippen molar-refractivity contribution in [3.63, 3.8) is 0 Å². The summed E-state index contributed by atoms with van der Waals surface area (Å²) >= 11 is 0. The molecule has 0 saturated carbocycles. The number of piperidine rings is 1. The van der Waals surface area contributed by atoms with Gasteiger partial charge >= 0.3 is 0 Å². The molecular formula is C42H52N4O7S. The lowest BCUT2D eigenvalue weighted by molar-refractivity contribution is -0.130. The first-order valence-corrected chi connectivity index (χ1v) is 20.2. The Bertz CT molecular complexity index is 2060. The van der Waals surface area contributed by atoms with Gasteiger partial charge in [0.05, 0.1) is 18.0 Å². The van der Waals surface area contributed by atoms with Crippen molar-refractivity contribution in [1.29, 1.82) is 0 Å². The molecule has 2 aliphatic heterocycles. The molecule has 11 nitrogen and oxygen atoms in total. The molecule has 0 bridgehead atoms. The van der Waals surface area contributed by atoms with Gasteiger partial charge in [-0.15, -0.1) is 0 Å². The monoisotopic (exact) mass is 756 g/mol. The Kier molecular flexibility index (Phi) is 12.1. The maximum absolute atomic E-state index is 14.0. The first-order valence-electron chi connectivity index (χ1n) is 18.7. The minimum atomic E-state index is -4.13. The van der Waals surface area contributed by atoms with Crippen LogP contribution >= 0.6 is 0 Å². The van der Waals surface area contributed by atoms with E-state index < -0.39 is 28.0 Å². The van der Waals surface area contributed by atoms with Crippen LogP contribution in [0, 0.1) is 0 Å². The first kappa shape index (κ1) is 39.1. The molecule has 6 rings (SSSR count). The van der Waals surface area contributed by atoms with Gasteiger partial charge in [0.15, 0.2) is 11.5 Å². The van der Waals surface area contributed by atoms with Gasteiger partial charge in [-0.25, -0.2) is 13.1 Å². The largest absolute Gasteiger partial charge is 0.497 e. The van der Waals surface area contributed by atoms with Crippen LogP contribution in [-0.2, 0) is 26.2 Å². The molecule has 5 atom stereocenters. The van der Waals surface area contributed by atoms with E-state index in [1.54, 1.807) is 49.6 Å². The van der Waals surface area contributed by atoms with Gasteiger partial charge in [0.25, 0.3) is 0 Å². The van der Waals surface area contributed by atoms with Crippen LogP contribution < -0.4 is 29.6 Å². The Morgan fingerprint density at radius 2 is 1.50 bits per heavy atom. The zero-order valence-electron chi connectivity index (χ0n) is 31.9. The molecule has 1 fully saturated rings. The molecule has 4 aromatic carbocycles. The second-order valence-electron chi connectivity index (χ2n) is 14.9. The van der Waals surface area contributed by atoms with Gasteiger partial charge in [-0.05, 0) is 104 Å². The Hall–Kier alpha value is -4.65. The summed E-state index contributed by atoms with van der Waals surface area (Å²) < 4.78 is 47.0. The number of methoxy groups -OCH3 is 1. The van der Waals surface area contributed by atoms with E-state index in [1.165, 1.54) is 30.9 Å². The molecule has 0 aliphatic carbocycles. The molecule has 4 aromatic rings. The molecule has 288 valence electrons. The number of nitrogens with one attached hydrogen (secondary N) is 3. The fraction of sp³-hybridized carbons (Fsp3) is 0.429. The normalized spacial score (nSPS) is 18.9. The summed E-state index contributed by atoms with van der Waals surface area (Å²) in [6, 6.07) is 22.5. The number of nitrogens with zero attached hydrogens (tertiary/aromatic N) is 1. The van der Waals surface area contributed by atoms with E-state index >= 15 is 0 Å². The second-order valence-corrected chi connectivity index (χ2v) is 16.6. The van der Waals surface area contributed by atoms with Crippen molar-refractivity contribution >= 4 is 32.6 Å². The number of hydrogen-bond donors (Lipinski definition) is 3. The predicted octanol–water partition coefficient (Wildman–Crippen LogP) is 6.56. The number of carbonyl (C=O) groups is 2. The molecule has 0 spiro atoms. The van der Waals surface area contributed by atoms with Gasteiger partial charge < -0.3 is 24.8 Å². The van der Waals surface area contributed by atoms with Crippen molar-refractivity contribution in [2.75, 3.05) is 13.9 Å². The highest BCUT2D eigenvalue weighted by Crippen LogP contribution is 2.36. The average Bonchev–Trinajstić information content (AvgIpc) is 3.62. The Labute approximate surface area is 318 Å². The summed E-state index contributed by atoms with van der Waals surface area (Å²) in [5.74, 6) is 0.443. The minimum absolute atomic E-state index is 0.0412. The van der Waals surface area contributed by atoms with E-state index in [1.807, 2.05) is 39.0 Å². The number of benzene rings is 4. The highest BCUT2D eigenvalue weighted by atomic mass is 32.2. The van der Waals surface area contributed by atoms with E-state index in [9.17, 15) is 18.0 Å². The smallest absolute Gasteiger partial charge is 0.243 e. The first-order chi connectivity index (χ1) is 25.8. The average molecular weight is 757 g/mol. The van der Waals surface area contributed by atoms with E-state index in [0.29, 0.717) is 40.3 Å². The number of ether oxygens (including phenoxy) is 3. The molecule has 0 radical (unpaired) electrons. The molecule has 2 heterocycles. The number of fused-ring (bicyclic) bond motifs is 2. The van der Waals surface area contributed by atoms with Gasteiger partial charge in [0.2, 0.25) is 28.6 Å². The molecule has 2 amide bonds. The molecule has 12 heteroatoms. The molecule has 0 aromatic heterocycles. The lowest BCUT2D eigenvalue weighted by Gasteiger charge is -2.39. The third kappa shape index (κ3) is 9.17. The summed E-state index contributed by atoms with van der Waals surface area (Å²) in [6.45, 7) is 11.1. The van der Waals surface area contributed by atoms with Gasteiger partial charge in [0, 0.05) is 37.0 Å². The third-order valence-corrected chi connectivity index (χ3v) is 12.1. The minimum Gasteiger partial charge on any atom is -0.497 e. The lowest BCUT2D eigenvalue weighted by Crippen LogP contribution is -2.51. The van der Waals surface area contributed by atoms with Crippen LogP contribution in [-0.4, -0.2) is 63.2 Å². The van der Waals surface area contributed by atoms with Gasteiger partial charge in [-0.1, -0.05) is 55.8 Å². The zero-order valence-corrected chi connectivity index (χ0v) is 32.7. The van der Waals surface area contributed by atoms with Gasteiger partial charge in [-0.3, -0.25) is 14.5 Å². The quantitative estimate of drug-likeness (QED) is 0.132. The Morgan fingerprint density at radius 1 is 0.833 bits per heavy atom. The van der Waals surface area contributed by atoms with Crippen molar-refractivity contribution in [2.24, 2.45) is 0 Å². The van der Waals surface area contributed by atoms with Crippen molar-refractivity contribution < 1.29 is 32.2 Å². The molecular weight excluding hydrogens is 705 g/mol. The summed E-state index contributed by atoms with van der Waals surface area (Å²) in [5.41, 5.74) is 2.61. The van der Waals surface area contributed by atoms with Crippen LogP contribution in [0.2, 0.25) is 0 Å². The zero-order chi connectivity index (χ0) is 38.6. The molecule has 3 N–H and O–H groups in total. The molecule has 1 saturated heterocycles. The number of likely N-dealkylation sites (tertiary alicyclic amines) is 1. The highest BCUT2D eigenvalue weighted by Gasteiger charge is 2.32. The number of rotatable bonds is 14. The highest BCUT2D eigenvalue weighted by molar-refractivity contribution is 7.89. The summed E-state index contributed by atoms with van der Waals surface area (Å²) in [4.78, 5) is 30.2. The molecule has 1 unspecified atom stereocenters. The number of hydrogen-bond acceptors (Lipinski definition) is 8. The van der Waals surface area contributed by atoms with E-state index in [-0.39, 0.29) is 36.0 Å². The van der Waals surface area contributed by atoms with E-state index in [2.05, 4.69) is 46.2 Å². The lowest BCUT2D eigenvalue weighted by atomic mass is 9.91. The van der Waals surface area contributed by atoms with Crippen molar-refractivity contribution in [1.82, 2.24) is 20.3 Å².